The maximum absolute atomic E-state index is 13.0. The number of halogens is 1. The maximum atomic E-state index is 13.0. The van der Waals surface area contributed by atoms with Gasteiger partial charge >= 0.3 is 0 Å². The number of carbonyl (C=O) groups is 1. The summed E-state index contributed by atoms with van der Waals surface area (Å²) in [6.45, 7) is 3.39. The lowest BCUT2D eigenvalue weighted by Gasteiger charge is -2.15. The predicted octanol–water partition coefficient (Wildman–Crippen LogP) is 2.39. The Kier molecular flexibility index (Phi) is 3.61. The molecule has 8 heteroatoms. The molecule has 1 aliphatic rings. The summed E-state index contributed by atoms with van der Waals surface area (Å²) in [6.07, 6.45) is 1.80. The van der Waals surface area contributed by atoms with E-state index in [1.54, 1.807) is 30.2 Å². The van der Waals surface area contributed by atoms with Crippen LogP contribution in [0.5, 0.6) is 0 Å². The molecule has 24 heavy (non-hydrogen) atoms. The summed E-state index contributed by atoms with van der Waals surface area (Å²) >= 11 is 1.12. The van der Waals surface area contributed by atoms with Crippen molar-refractivity contribution in [1.82, 2.24) is 24.3 Å². The molecule has 0 bridgehead atoms. The van der Waals surface area contributed by atoms with E-state index in [1.807, 2.05) is 4.68 Å². The molecule has 3 heterocycles. The molecule has 122 valence electrons. The van der Waals surface area contributed by atoms with Gasteiger partial charge in [0.1, 0.15) is 10.7 Å². The van der Waals surface area contributed by atoms with Crippen LogP contribution in [-0.2, 0) is 19.6 Å². The van der Waals surface area contributed by atoms with Crippen molar-refractivity contribution in [3.05, 3.63) is 63.7 Å². The lowest BCUT2D eigenvalue weighted by Crippen LogP contribution is -2.26. The Morgan fingerprint density at radius 2 is 2.08 bits per heavy atom. The number of rotatable bonds is 3. The van der Waals surface area contributed by atoms with Gasteiger partial charge in [0.15, 0.2) is 0 Å². The largest absolute Gasteiger partial charge is 0.327 e. The first-order valence-corrected chi connectivity index (χ1v) is 8.25. The Balaban J connectivity index is 1.53. The van der Waals surface area contributed by atoms with Gasteiger partial charge in [-0.15, -0.1) is 5.10 Å². The van der Waals surface area contributed by atoms with E-state index in [4.69, 9.17) is 0 Å². The highest BCUT2D eigenvalue weighted by Gasteiger charge is 2.29. The summed E-state index contributed by atoms with van der Waals surface area (Å²) in [5, 5.41) is 8.29. The lowest BCUT2D eigenvalue weighted by molar-refractivity contribution is 0.0752. The van der Waals surface area contributed by atoms with Gasteiger partial charge in [0.2, 0.25) is 0 Å². The fourth-order valence-corrected chi connectivity index (χ4v) is 3.45. The van der Waals surface area contributed by atoms with Crippen molar-refractivity contribution < 1.29 is 9.18 Å². The van der Waals surface area contributed by atoms with E-state index in [0.717, 1.165) is 28.4 Å². The molecule has 0 fully saturated rings. The van der Waals surface area contributed by atoms with Gasteiger partial charge in [-0.2, -0.15) is 5.10 Å². The van der Waals surface area contributed by atoms with Crippen LogP contribution in [0.3, 0.4) is 0 Å². The van der Waals surface area contributed by atoms with E-state index >= 15 is 0 Å². The van der Waals surface area contributed by atoms with Crippen LogP contribution < -0.4 is 0 Å². The molecule has 0 radical (unpaired) electrons. The van der Waals surface area contributed by atoms with E-state index in [-0.39, 0.29) is 11.7 Å². The molecule has 0 spiro atoms. The molecule has 0 saturated heterocycles. The summed E-state index contributed by atoms with van der Waals surface area (Å²) in [7, 11) is 0. The minimum absolute atomic E-state index is 0.0490. The summed E-state index contributed by atoms with van der Waals surface area (Å²) in [5.41, 5.74) is 3.69. The number of benzene rings is 1. The van der Waals surface area contributed by atoms with Crippen molar-refractivity contribution in [2.75, 3.05) is 0 Å². The monoisotopic (exact) mass is 343 g/mol. The van der Waals surface area contributed by atoms with Crippen LogP contribution in [0.25, 0.3) is 0 Å². The fourth-order valence-electron chi connectivity index (χ4n) is 2.82. The second-order valence-electron chi connectivity index (χ2n) is 5.75. The second kappa shape index (κ2) is 5.79. The standard InChI is InChI=1S/C16H14FN5OS/c1-10-15(24-20-19-10)16(23)21-8-12-6-18-22(14(12)9-21)7-11-2-4-13(17)5-3-11/h2-6H,7-9H2,1H3. The quantitative estimate of drug-likeness (QED) is 0.732. The Labute approximate surface area is 141 Å². The van der Waals surface area contributed by atoms with Crippen molar-refractivity contribution in [3.63, 3.8) is 0 Å². The molecule has 2 aromatic heterocycles. The normalized spacial score (nSPS) is 13.3. The highest BCUT2D eigenvalue weighted by atomic mass is 32.1. The number of nitrogens with zero attached hydrogens (tertiary/aromatic N) is 5. The van der Waals surface area contributed by atoms with E-state index in [0.29, 0.717) is 30.2 Å². The van der Waals surface area contributed by atoms with E-state index < -0.39 is 0 Å². The Bertz CT molecular complexity index is 902. The molecule has 3 aromatic rings. The van der Waals surface area contributed by atoms with Gasteiger partial charge in [0, 0.05) is 12.1 Å². The molecule has 0 N–H and O–H groups in total. The minimum atomic E-state index is -0.255. The molecule has 0 aliphatic carbocycles. The van der Waals surface area contributed by atoms with Crippen LogP contribution in [0.2, 0.25) is 0 Å². The van der Waals surface area contributed by atoms with Gasteiger partial charge in [0.25, 0.3) is 5.91 Å². The topological polar surface area (TPSA) is 63.9 Å². The lowest BCUT2D eigenvalue weighted by atomic mass is 10.2. The zero-order valence-corrected chi connectivity index (χ0v) is 13.8. The van der Waals surface area contributed by atoms with Gasteiger partial charge < -0.3 is 4.90 Å². The van der Waals surface area contributed by atoms with Crippen LogP contribution in [-0.4, -0.2) is 30.2 Å². The molecular formula is C16H14FN5OS. The van der Waals surface area contributed by atoms with Crippen LogP contribution in [0.4, 0.5) is 4.39 Å². The van der Waals surface area contributed by atoms with Crippen molar-refractivity contribution in [2.45, 2.75) is 26.6 Å². The number of carbonyl (C=O) groups excluding carboxylic acids is 1. The number of hydrogen-bond acceptors (Lipinski definition) is 5. The fraction of sp³-hybridized carbons (Fsp3) is 0.250. The summed E-state index contributed by atoms with van der Waals surface area (Å²) in [5.74, 6) is -0.304. The van der Waals surface area contributed by atoms with Crippen molar-refractivity contribution in [3.8, 4) is 0 Å². The first-order valence-electron chi connectivity index (χ1n) is 7.48. The van der Waals surface area contributed by atoms with E-state index in [1.165, 1.54) is 12.1 Å². The summed E-state index contributed by atoms with van der Waals surface area (Å²) in [4.78, 5) is 14.9. The summed E-state index contributed by atoms with van der Waals surface area (Å²) in [6, 6.07) is 6.37. The molecule has 1 aliphatic heterocycles. The van der Waals surface area contributed by atoms with Gasteiger partial charge in [-0.25, -0.2) is 4.39 Å². The number of fused-ring (bicyclic) bond motifs is 1. The third kappa shape index (κ3) is 2.58. The molecule has 6 nitrogen and oxygen atoms in total. The molecule has 0 saturated carbocycles. The van der Waals surface area contributed by atoms with Gasteiger partial charge in [-0.05, 0) is 36.2 Å². The number of hydrogen-bond donors (Lipinski definition) is 0. The average Bonchev–Trinajstić information content (AvgIpc) is 3.26. The maximum Gasteiger partial charge on any atom is 0.268 e. The van der Waals surface area contributed by atoms with E-state index in [9.17, 15) is 9.18 Å². The van der Waals surface area contributed by atoms with Crippen molar-refractivity contribution >= 4 is 17.4 Å². The molecule has 0 unspecified atom stereocenters. The Morgan fingerprint density at radius 3 is 2.79 bits per heavy atom. The Hall–Kier alpha value is -2.61. The van der Waals surface area contributed by atoms with Crippen LogP contribution >= 0.6 is 11.5 Å². The third-order valence-corrected chi connectivity index (χ3v) is 4.93. The molecular weight excluding hydrogens is 329 g/mol. The number of aromatic nitrogens is 4. The van der Waals surface area contributed by atoms with Gasteiger partial charge in [0.05, 0.1) is 30.7 Å². The zero-order chi connectivity index (χ0) is 16.7. The predicted molar refractivity (Wildman–Crippen MR) is 86.0 cm³/mol. The second-order valence-corrected chi connectivity index (χ2v) is 6.50. The first kappa shape index (κ1) is 14.9. The van der Waals surface area contributed by atoms with Crippen LogP contribution in [0.15, 0.2) is 30.5 Å². The first-order chi connectivity index (χ1) is 11.6. The molecule has 1 aromatic carbocycles. The van der Waals surface area contributed by atoms with Gasteiger partial charge in [-0.1, -0.05) is 16.6 Å². The third-order valence-electron chi connectivity index (χ3n) is 4.12. The number of aryl methyl sites for hydroxylation is 1. The summed E-state index contributed by atoms with van der Waals surface area (Å²) < 4.78 is 18.7. The van der Waals surface area contributed by atoms with Crippen LogP contribution in [0.1, 0.15) is 32.2 Å². The smallest absolute Gasteiger partial charge is 0.268 e. The Morgan fingerprint density at radius 1 is 1.29 bits per heavy atom. The molecule has 0 atom stereocenters. The SMILES string of the molecule is Cc1nnsc1C(=O)N1Cc2cnn(Cc3ccc(F)cc3)c2C1. The van der Waals surface area contributed by atoms with Gasteiger partial charge in [-0.3, -0.25) is 9.48 Å². The average molecular weight is 343 g/mol. The van der Waals surface area contributed by atoms with Crippen LogP contribution in [0, 0.1) is 12.7 Å². The molecule has 1 amide bonds. The van der Waals surface area contributed by atoms with Crippen molar-refractivity contribution in [2.24, 2.45) is 0 Å². The number of amides is 1. The highest BCUT2D eigenvalue weighted by Crippen LogP contribution is 2.26. The minimum Gasteiger partial charge on any atom is -0.327 e. The van der Waals surface area contributed by atoms with Crippen molar-refractivity contribution in [1.29, 1.82) is 0 Å². The molecule has 4 rings (SSSR count). The zero-order valence-electron chi connectivity index (χ0n) is 12.9. The highest BCUT2D eigenvalue weighted by molar-refractivity contribution is 7.07. The van der Waals surface area contributed by atoms with E-state index in [2.05, 4.69) is 14.7 Å².